The van der Waals surface area contributed by atoms with Gasteiger partial charge in [-0.15, -0.1) is 0 Å². The fourth-order valence-electron chi connectivity index (χ4n) is 3.22. The van der Waals surface area contributed by atoms with Gasteiger partial charge >= 0.3 is 5.97 Å². The maximum absolute atomic E-state index is 12.4. The van der Waals surface area contributed by atoms with E-state index < -0.39 is 10.9 Å². The normalized spacial score (nSPS) is 13.8. The molecule has 0 atom stereocenters. The summed E-state index contributed by atoms with van der Waals surface area (Å²) in [4.78, 5) is 39.3. The molecule has 0 N–H and O–H groups in total. The largest absolute Gasteiger partial charge is 0.493 e. The van der Waals surface area contributed by atoms with Crippen LogP contribution >= 0.6 is 11.6 Å². The molecule has 0 radical (unpaired) electrons. The number of hydrogen-bond donors (Lipinski definition) is 0. The van der Waals surface area contributed by atoms with Crippen LogP contribution in [0, 0.1) is 10.1 Å². The quantitative estimate of drug-likeness (QED) is 0.145. The van der Waals surface area contributed by atoms with Crippen LogP contribution in [0.25, 0.3) is 6.08 Å². The second-order valence-corrected chi connectivity index (χ2v) is 7.65. The molecule has 0 saturated carbocycles. The molecule has 0 aliphatic carbocycles. The standard InChI is InChI=1S/C25H17ClN2O7/c1-33-23-12-15(7-10-22(23)34-14-21(29)16-5-3-2-4-6-16)11-20-25(30)35-24(27-20)18-13-17(28(31)32)8-9-19(18)26/h2-13H,14H2,1H3/b20-11-. The average molecular weight is 493 g/mol. The number of aliphatic imine (C=N–C) groups is 1. The fourth-order valence-corrected chi connectivity index (χ4v) is 3.42. The van der Waals surface area contributed by atoms with E-state index in [1.54, 1.807) is 42.5 Å². The molecule has 35 heavy (non-hydrogen) atoms. The second kappa shape index (κ2) is 10.2. The number of carbonyl (C=O) groups excluding carboxylic acids is 2. The number of nitro benzene ring substituents is 1. The van der Waals surface area contributed by atoms with Crippen LogP contribution in [0.2, 0.25) is 5.02 Å². The molecular formula is C25H17ClN2O7. The number of cyclic esters (lactones) is 1. The fraction of sp³-hybridized carbons (Fsp3) is 0.0800. The summed E-state index contributed by atoms with van der Waals surface area (Å²) in [5, 5.41) is 11.2. The van der Waals surface area contributed by atoms with E-state index in [9.17, 15) is 19.7 Å². The monoisotopic (exact) mass is 492 g/mol. The molecule has 0 amide bonds. The van der Waals surface area contributed by atoms with Crippen LogP contribution in [0.4, 0.5) is 5.69 Å². The van der Waals surface area contributed by atoms with Crippen LogP contribution in [-0.2, 0) is 9.53 Å². The van der Waals surface area contributed by atoms with E-state index in [0.717, 1.165) is 0 Å². The van der Waals surface area contributed by atoms with Gasteiger partial charge < -0.3 is 14.2 Å². The van der Waals surface area contributed by atoms with Crippen molar-refractivity contribution in [3.05, 3.63) is 104 Å². The summed E-state index contributed by atoms with van der Waals surface area (Å²) in [6.07, 6.45) is 1.46. The summed E-state index contributed by atoms with van der Waals surface area (Å²) < 4.78 is 16.2. The highest BCUT2D eigenvalue weighted by Crippen LogP contribution is 2.31. The highest BCUT2D eigenvalue weighted by Gasteiger charge is 2.27. The molecule has 1 heterocycles. The van der Waals surface area contributed by atoms with Crippen LogP contribution in [0.1, 0.15) is 21.5 Å². The van der Waals surface area contributed by atoms with E-state index >= 15 is 0 Å². The minimum atomic E-state index is -0.740. The molecule has 0 fully saturated rings. The number of halogens is 1. The zero-order valence-electron chi connectivity index (χ0n) is 18.3. The first-order valence-corrected chi connectivity index (χ1v) is 10.6. The zero-order valence-corrected chi connectivity index (χ0v) is 19.0. The molecule has 3 aromatic carbocycles. The maximum Gasteiger partial charge on any atom is 0.363 e. The molecule has 0 bridgehead atoms. The number of carbonyl (C=O) groups is 2. The molecule has 176 valence electrons. The van der Waals surface area contributed by atoms with E-state index in [-0.39, 0.29) is 40.3 Å². The first-order chi connectivity index (χ1) is 16.9. The number of hydrogen-bond acceptors (Lipinski definition) is 8. The summed E-state index contributed by atoms with van der Waals surface area (Å²) in [5.74, 6) is -0.371. The van der Waals surface area contributed by atoms with Gasteiger partial charge in [0.05, 0.1) is 22.6 Å². The topological polar surface area (TPSA) is 117 Å². The maximum atomic E-state index is 12.4. The lowest BCUT2D eigenvalue weighted by Crippen LogP contribution is -2.11. The first-order valence-electron chi connectivity index (χ1n) is 10.2. The van der Waals surface area contributed by atoms with E-state index in [1.807, 2.05) is 6.07 Å². The molecule has 1 aliphatic heterocycles. The van der Waals surface area contributed by atoms with Gasteiger partial charge in [-0.2, -0.15) is 0 Å². The predicted octanol–water partition coefficient (Wildman–Crippen LogP) is 4.86. The average Bonchev–Trinajstić information content (AvgIpc) is 3.23. The van der Waals surface area contributed by atoms with Crippen LogP contribution in [0.15, 0.2) is 77.4 Å². The van der Waals surface area contributed by atoms with Crippen LogP contribution < -0.4 is 9.47 Å². The number of nitrogens with zero attached hydrogens (tertiary/aromatic N) is 2. The first kappa shape index (κ1) is 23.7. The lowest BCUT2D eigenvalue weighted by Gasteiger charge is -2.11. The Morgan fingerprint density at radius 2 is 1.89 bits per heavy atom. The third-order valence-corrected chi connectivity index (χ3v) is 5.29. The van der Waals surface area contributed by atoms with Crippen LogP contribution in [-0.4, -0.2) is 36.3 Å². The third-order valence-electron chi connectivity index (χ3n) is 4.96. The number of benzene rings is 3. The lowest BCUT2D eigenvalue weighted by atomic mass is 10.1. The summed E-state index contributed by atoms with van der Waals surface area (Å²) in [5.41, 5.74) is 0.960. The molecule has 1 aliphatic rings. The molecule has 0 spiro atoms. The number of ether oxygens (including phenoxy) is 3. The molecule has 0 aromatic heterocycles. The number of Topliss-reactive ketones (excluding diaryl/α,β-unsaturated/α-hetero) is 1. The number of esters is 1. The predicted molar refractivity (Wildman–Crippen MR) is 128 cm³/mol. The van der Waals surface area contributed by atoms with Crippen molar-refractivity contribution in [2.24, 2.45) is 4.99 Å². The Labute approximate surface area is 204 Å². The molecule has 3 aromatic rings. The SMILES string of the molecule is COc1cc(/C=C2\N=C(c3cc([N+](=O)[O-])ccc3Cl)OC2=O)ccc1OCC(=O)c1ccccc1. The Bertz CT molecular complexity index is 1380. The number of non-ortho nitro benzene ring substituents is 1. The van der Waals surface area contributed by atoms with Gasteiger partial charge in [-0.05, 0) is 29.8 Å². The van der Waals surface area contributed by atoms with E-state index in [1.165, 1.54) is 31.4 Å². The smallest absolute Gasteiger partial charge is 0.363 e. The Balaban J connectivity index is 1.55. The van der Waals surface area contributed by atoms with Gasteiger partial charge in [0.2, 0.25) is 5.90 Å². The van der Waals surface area contributed by atoms with Gasteiger partial charge in [0.1, 0.15) is 0 Å². The summed E-state index contributed by atoms with van der Waals surface area (Å²) in [6, 6.07) is 17.4. The minimum Gasteiger partial charge on any atom is -0.493 e. The van der Waals surface area contributed by atoms with Gasteiger partial charge in [0, 0.05) is 17.7 Å². The highest BCUT2D eigenvalue weighted by atomic mass is 35.5. The highest BCUT2D eigenvalue weighted by molar-refractivity contribution is 6.34. The van der Waals surface area contributed by atoms with Crippen LogP contribution in [0.3, 0.4) is 0 Å². The number of nitro groups is 1. The summed E-state index contributed by atoms with van der Waals surface area (Å²) in [6.45, 7) is -0.176. The van der Waals surface area contributed by atoms with Gasteiger partial charge in [-0.3, -0.25) is 14.9 Å². The number of methoxy groups -OCH3 is 1. The van der Waals surface area contributed by atoms with Crippen molar-refractivity contribution in [1.29, 1.82) is 0 Å². The van der Waals surface area contributed by atoms with Crippen molar-refractivity contribution in [2.75, 3.05) is 13.7 Å². The Kier molecular flexibility index (Phi) is 6.88. The van der Waals surface area contributed by atoms with Crippen molar-refractivity contribution in [3.63, 3.8) is 0 Å². The van der Waals surface area contributed by atoms with Gasteiger partial charge in [-0.25, -0.2) is 9.79 Å². The van der Waals surface area contributed by atoms with Gasteiger partial charge in [-0.1, -0.05) is 48.0 Å². The zero-order chi connectivity index (χ0) is 24.9. The van der Waals surface area contributed by atoms with Crippen molar-refractivity contribution >= 4 is 41.0 Å². The third kappa shape index (κ3) is 5.36. The van der Waals surface area contributed by atoms with Crippen LogP contribution in [0.5, 0.6) is 11.5 Å². The molecule has 0 unspecified atom stereocenters. The lowest BCUT2D eigenvalue weighted by molar-refractivity contribution is -0.384. The Hall–Kier alpha value is -4.50. The van der Waals surface area contributed by atoms with Crippen molar-refractivity contribution < 1.29 is 28.7 Å². The number of ketones is 1. The molecule has 9 nitrogen and oxygen atoms in total. The Morgan fingerprint density at radius 3 is 2.60 bits per heavy atom. The van der Waals surface area contributed by atoms with Crippen molar-refractivity contribution in [1.82, 2.24) is 0 Å². The number of rotatable bonds is 8. The second-order valence-electron chi connectivity index (χ2n) is 7.25. The summed E-state index contributed by atoms with van der Waals surface area (Å²) in [7, 11) is 1.45. The Morgan fingerprint density at radius 1 is 1.11 bits per heavy atom. The minimum absolute atomic E-state index is 0.0300. The van der Waals surface area contributed by atoms with E-state index in [4.69, 9.17) is 25.8 Å². The molecular weight excluding hydrogens is 476 g/mol. The van der Waals surface area contributed by atoms with Crippen molar-refractivity contribution in [2.45, 2.75) is 0 Å². The molecule has 10 heteroatoms. The van der Waals surface area contributed by atoms with E-state index in [0.29, 0.717) is 22.6 Å². The van der Waals surface area contributed by atoms with Gasteiger partial charge in [0.15, 0.2) is 29.6 Å². The molecule has 0 saturated heterocycles. The summed E-state index contributed by atoms with van der Waals surface area (Å²) >= 11 is 6.12. The van der Waals surface area contributed by atoms with E-state index in [2.05, 4.69) is 4.99 Å². The van der Waals surface area contributed by atoms with Gasteiger partial charge in [0.25, 0.3) is 5.69 Å². The molecule has 4 rings (SSSR count). The van der Waals surface area contributed by atoms with Crippen molar-refractivity contribution in [3.8, 4) is 11.5 Å².